The van der Waals surface area contributed by atoms with Crippen LogP contribution in [0.25, 0.3) is 0 Å². The summed E-state index contributed by atoms with van der Waals surface area (Å²) < 4.78 is 0. The third-order valence-electron chi connectivity index (χ3n) is 2.48. The van der Waals surface area contributed by atoms with Gasteiger partial charge < -0.3 is 4.90 Å². The third-order valence-corrected chi connectivity index (χ3v) is 2.79. The van der Waals surface area contributed by atoms with Crippen LogP contribution in [-0.4, -0.2) is 23.1 Å². The van der Waals surface area contributed by atoms with E-state index in [-0.39, 0.29) is 0 Å². The Hall–Kier alpha value is -0.830. The first kappa shape index (κ1) is 9.71. The molecule has 0 saturated carbocycles. The first-order chi connectivity index (χ1) is 6.90. The lowest BCUT2D eigenvalue weighted by molar-refractivity contribution is 0.568. The number of alkyl halides is 1. The molecule has 1 aliphatic heterocycles. The molecule has 4 heteroatoms. The molecule has 0 unspecified atom stereocenters. The lowest BCUT2D eigenvalue weighted by Gasteiger charge is -2.26. The van der Waals surface area contributed by atoms with Gasteiger partial charge in [-0.15, -0.1) is 11.6 Å². The van der Waals surface area contributed by atoms with Gasteiger partial charge in [-0.25, -0.2) is 9.97 Å². The number of anilines is 1. The molecule has 1 saturated heterocycles. The molecule has 3 nitrogen and oxygen atoms in total. The predicted molar refractivity (Wildman–Crippen MR) is 57.7 cm³/mol. The highest BCUT2D eigenvalue weighted by molar-refractivity contribution is 6.17. The van der Waals surface area contributed by atoms with Crippen molar-refractivity contribution in [3.05, 3.63) is 18.0 Å². The average molecular weight is 212 g/mol. The number of aromatic nitrogens is 2. The maximum absolute atomic E-state index is 5.67. The summed E-state index contributed by atoms with van der Waals surface area (Å²) in [6.45, 7) is 2.17. The number of hydrogen-bond donors (Lipinski definition) is 0. The van der Waals surface area contributed by atoms with Crippen molar-refractivity contribution >= 4 is 17.5 Å². The van der Waals surface area contributed by atoms with Crippen molar-refractivity contribution < 1.29 is 0 Å². The molecule has 1 aromatic heterocycles. The van der Waals surface area contributed by atoms with Gasteiger partial charge in [0.05, 0.1) is 5.88 Å². The summed E-state index contributed by atoms with van der Waals surface area (Å²) in [6.07, 6.45) is 7.45. The van der Waals surface area contributed by atoms with E-state index in [0.29, 0.717) is 5.88 Å². The van der Waals surface area contributed by atoms with Crippen molar-refractivity contribution in [3.8, 4) is 0 Å². The smallest absolute Gasteiger partial charge is 0.225 e. The normalized spacial score (nSPS) is 17.1. The molecule has 0 N–H and O–H groups in total. The van der Waals surface area contributed by atoms with Crippen LogP contribution in [0.3, 0.4) is 0 Å². The highest BCUT2D eigenvalue weighted by atomic mass is 35.5. The van der Waals surface area contributed by atoms with Crippen molar-refractivity contribution in [3.63, 3.8) is 0 Å². The van der Waals surface area contributed by atoms with Crippen LogP contribution in [0, 0.1) is 0 Å². The standard InChI is InChI=1S/C10H14ClN3/c11-6-9-7-12-10(13-8-9)14-4-2-1-3-5-14/h7-8H,1-6H2. The van der Waals surface area contributed by atoms with Crippen molar-refractivity contribution in [2.45, 2.75) is 25.1 Å². The molecule has 0 aliphatic carbocycles. The van der Waals surface area contributed by atoms with Crippen LogP contribution in [0.4, 0.5) is 5.95 Å². The lowest BCUT2D eigenvalue weighted by Crippen LogP contribution is -2.30. The molecule has 0 spiro atoms. The van der Waals surface area contributed by atoms with Gasteiger partial charge >= 0.3 is 0 Å². The second-order valence-electron chi connectivity index (χ2n) is 3.57. The van der Waals surface area contributed by atoms with Gasteiger partial charge in [-0.1, -0.05) is 0 Å². The zero-order valence-electron chi connectivity index (χ0n) is 8.12. The molecule has 0 amide bonds. The summed E-state index contributed by atoms with van der Waals surface area (Å²) in [4.78, 5) is 10.8. The van der Waals surface area contributed by atoms with Crippen molar-refractivity contribution in [1.29, 1.82) is 0 Å². The SMILES string of the molecule is ClCc1cnc(N2CCCCC2)nc1. The zero-order chi connectivity index (χ0) is 9.80. The van der Waals surface area contributed by atoms with Gasteiger partial charge in [0.15, 0.2) is 0 Å². The van der Waals surface area contributed by atoms with E-state index in [0.717, 1.165) is 24.6 Å². The summed E-state index contributed by atoms with van der Waals surface area (Å²) in [7, 11) is 0. The van der Waals surface area contributed by atoms with Gasteiger partial charge in [-0.3, -0.25) is 0 Å². The molecule has 2 rings (SSSR count). The minimum Gasteiger partial charge on any atom is -0.341 e. The van der Waals surface area contributed by atoms with E-state index in [1.54, 1.807) is 0 Å². The fraction of sp³-hybridized carbons (Fsp3) is 0.600. The molecule has 76 valence electrons. The Morgan fingerprint density at radius 2 is 1.79 bits per heavy atom. The summed E-state index contributed by atoms with van der Waals surface area (Å²) in [5, 5.41) is 0. The largest absolute Gasteiger partial charge is 0.341 e. The van der Waals surface area contributed by atoms with Gasteiger partial charge in [-0.05, 0) is 19.3 Å². The molecule has 0 aromatic carbocycles. The molecule has 0 bridgehead atoms. The molecule has 0 radical (unpaired) electrons. The molecule has 0 atom stereocenters. The third kappa shape index (κ3) is 2.15. The summed E-state index contributed by atoms with van der Waals surface area (Å²) >= 11 is 5.67. The number of nitrogens with zero attached hydrogens (tertiary/aromatic N) is 3. The fourth-order valence-corrected chi connectivity index (χ4v) is 1.81. The highest BCUT2D eigenvalue weighted by Crippen LogP contribution is 2.15. The van der Waals surface area contributed by atoms with Crippen LogP contribution in [0.2, 0.25) is 0 Å². The quantitative estimate of drug-likeness (QED) is 0.703. The molecule has 2 heterocycles. The van der Waals surface area contributed by atoms with Crippen molar-refractivity contribution in [2.75, 3.05) is 18.0 Å². The molecule has 14 heavy (non-hydrogen) atoms. The van der Waals surface area contributed by atoms with Crippen LogP contribution in [0.5, 0.6) is 0 Å². The lowest BCUT2D eigenvalue weighted by atomic mass is 10.1. The van der Waals surface area contributed by atoms with E-state index in [1.807, 2.05) is 12.4 Å². The second-order valence-corrected chi connectivity index (χ2v) is 3.84. The maximum Gasteiger partial charge on any atom is 0.225 e. The summed E-state index contributed by atoms with van der Waals surface area (Å²) in [6, 6.07) is 0. The zero-order valence-corrected chi connectivity index (χ0v) is 8.87. The van der Waals surface area contributed by atoms with E-state index >= 15 is 0 Å². The van der Waals surface area contributed by atoms with E-state index in [4.69, 9.17) is 11.6 Å². The first-order valence-electron chi connectivity index (χ1n) is 5.02. The van der Waals surface area contributed by atoms with Crippen molar-refractivity contribution in [1.82, 2.24) is 9.97 Å². The van der Waals surface area contributed by atoms with Crippen LogP contribution in [-0.2, 0) is 5.88 Å². The van der Waals surface area contributed by atoms with Crippen molar-refractivity contribution in [2.24, 2.45) is 0 Å². The molecular formula is C10H14ClN3. The van der Waals surface area contributed by atoms with Gasteiger partial charge in [0, 0.05) is 31.0 Å². The molecule has 1 fully saturated rings. The Labute approximate surface area is 89.1 Å². The number of hydrogen-bond acceptors (Lipinski definition) is 3. The highest BCUT2D eigenvalue weighted by Gasteiger charge is 2.12. The Bertz CT molecular complexity index is 280. The van der Waals surface area contributed by atoms with E-state index in [9.17, 15) is 0 Å². The van der Waals surface area contributed by atoms with Crippen LogP contribution >= 0.6 is 11.6 Å². The first-order valence-corrected chi connectivity index (χ1v) is 5.55. The summed E-state index contributed by atoms with van der Waals surface area (Å²) in [5.74, 6) is 1.33. The minimum absolute atomic E-state index is 0.486. The van der Waals surface area contributed by atoms with Gasteiger partial charge in [-0.2, -0.15) is 0 Å². The van der Waals surface area contributed by atoms with Gasteiger partial charge in [0.1, 0.15) is 0 Å². The predicted octanol–water partition coefficient (Wildman–Crippen LogP) is 2.21. The van der Waals surface area contributed by atoms with Crippen LogP contribution in [0.1, 0.15) is 24.8 Å². The van der Waals surface area contributed by atoms with Gasteiger partial charge in [0.25, 0.3) is 0 Å². The summed E-state index contributed by atoms with van der Waals surface area (Å²) in [5.41, 5.74) is 0.979. The van der Waals surface area contributed by atoms with Gasteiger partial charge in [0.2, 0.25) is 5.95 Å². The molecular weight excluding hydrogens is 198 g/mol. The monoisotopic (exact) mass is 211 g/mol. The van der Waals surface area contributed by atoms with E-state index in [2.05, 4.69) is 14.9 Å². The average Bonchev–Trinajstić information content (AvgIpc) is 2.30. The maximum atomic E-state index is 5.67. The van der Waals surface area contributed by atoms with Crippen LogP contribution in [0.15, 0.2) is 12.4 Å². The van der Waals surface area contributed by atoms with Crippen LogP contribution < -0.4 is 4.90 Å². The fourth-order valence-electron chi connectivity index (χ4n) is 1.67. The van der Waals surface area contributed by atoms with E-state index < -0.39 is 0 Å². The molecule has 1 aliphatic rings. The number of rotatable bonds is 2. The second kappa shape index (κ2) is 4.60. The number of halogens is 1. The topological polar surface area (TPSA) is 29.0 Å². The Morgan fingerprint density at radius 3 is 2.36 bits per heavy atom. The van der Waals surface area contributed by atoms with E-state index in [1.165, 1.54) is 19.3 Å². The minimum atomic E-state index is 0.486. The Morgan fingerprint density at radius 1 is 1.14 bits per heavy atom. The Balaban J connectivity index is 2.07. The molecule has 1 aromatic rings. The number of piperidine rings is 1. The Kier molecular flexibility index (Phi) is 3.19.